The fourth-order valence-corrected chi connectivity index (χ4v) is 5.40. The quantitative estimate of drug-likeness (QED) is 0.188. The van der Waals surface area contributed by atoms with Gasteiger partial charge in [0, 0.05) is 54.1 Å². The zero-order valence-electron chi connectivity index (χ0n) is 26.2. The van der Waals surface area contributed by atoms with Gasteiger partial charge in [0.25, 0.3) is 0 Å². The number of pyridine rings is 1. The summed E-state index contributed by atoms with van der Waals surface area (Å²) in [5.41, 5.74) is 3.45. The van der Waals surface area contributed by atoms with E-state index >= 15 is 0 Å². The summed E-state index contributed by atoms with van der Waals surface area (Å²) in [6.07, 6.45) is 11.8. The molecule has 4 N–H and O–H groups in total. The first kappa shape index (κ1) is 34.1. The highest BCUT2D eigenvalue weighted by Crippen LogP contribution is 2.46. The number of aromatic nitrogens is 1. The summed E-state index contributed by atoms with van der Waals surface area (Å²) >= 11 is 0. The third-order valence-electron chi connectivity index (χ3n) is 7.80. The van der Waals surface area contributed by atoms with Crippen LogP contribution in [0.1, 0.15) is 59.6 Å². The fourth-order valence-electron chi connectivity index (χ4n) is 5.40. The van der Waals surface area contributed by atoms with Gasteiger partial charge in [0.15, 0.2) is 0 Å². The van der Waals surface area contributed by atoms with Crippen LogP contribution < -0.4 is 20.9 Å². The summed E-state index contributed by atoms with van der Waals surface area (Å²) in [7, 11) is 1.95. The zero-order chi connectivity index (χ0) is 30.3. The molecule has 1 aromatic rings. The fraction of sp³-hybridized carbons (Fsp3) is 0.545. The van der Waals surface area contributed by atoms with Crippen molar-refractivity contribution in [3.8, 4) is 0 Å². The number of anilines is 1. The number of rotatable bonds is 14. The number of hydrogen-bond donors (Lipinski definition) is 4. The molecule has 0 aliphatic carbocycles. The Hall–Kier alpha value is -3.07. The summed E-state index contributed by atoms with van der Waals surface area (Å²) < 4.78 is 0. The Balaban J connectivity index is 0.00000287. The van der Waals surface area contributed by atoms with Gasteiger partial charge in [-0.3, -0.25) is 4.99 Å². The lowest BCUT2D eigenvalue weighted by atomic mass is 9.78. The van der Waals surface area contributed by atoms with Gasteiger partial charge in [-0.05, 0) is 64.2 Å². The lowest BCUT2D eigenvalue weighted by Gasteiger charge is -2.33. The molecule has 3 rings (SSSR count). The standard InChI is InChI=1S/C31H47N7O.C2H6/c1-7-10-28-31(4,21-39)27(20-33-6)30(38(28)29-12-9-11-26(37-29)16-17-32-5)36-22-35-25(8-2)14-13-23(3)24-15-18-34-19-24;1-2/h8-9,11-14,20,24,28,32,34-35,39H,3,6-7,10,15-19,21-22H2,1-2,4-5H3;1-2H3/b14-13-,25-8+,27-20+,36-30+;/t24?,28-,31?;/m0./s1. The second kappa shape index (κ2) is 17.7. The molecular formula is C33H53N7O. The van der Waals surface area contributed by atoms with Crippen molar-refractivity contribution in [3.05, 3.63) is 71.7 Å². The molecule has 0 aromatic carbocycles. The van der Waals surface area contributed by atoms with Crippen LogP contribution in [0, 0.1) is 11.3 Å². The van der Waals surface area contributed by atoms with Gasteiger partial charge < -0.3 is 26.0 Å². The van der Waals surface area contributed by atoms with E-state index in [0.29, 0.717) is 12.6 Å². The van der Waals surface area contributed by atoms with Crippen molar-refractivity contribution in [2.24, 2.45) is 21.3 Å². The zero-order valence-corrected chi connectivity index (χ0v) is 26.2. The maximum Gasteiger partial charge on any atom is 0.136 e. The maximum absolute atomic E-state index is 10.7. The molecule has 8 nitrogen and oxygen atoms in total. The number of aliphatic imine (C=N–C) groups is 2. The van der Waals surface area contributed by atoms with Crippen LogP contribution in [0.4, 0.5) is 5.82 Å². The summed E-state index contributed by atoms with van der Waals surface area (Å²) in [5, 5.41) is 20.7. The van der Waals surface area contributed by atoms with Crippen LogP contribution in [0.25, 0.3) is 0 Å². The molecule has 2 aliphatic heterocycles. The molecule has 41 heavy (non-hydrogen) atoms. The number of hydrogen-bond acceptors (Lipinski definition) is 7. The molecule has 3 atom stereocenters. The second-order valence-electron chi connectivity index (χ2n) is 10.5. The molecule has 0 bridgehead atoms. The van der Waals surface area contributed by atoms with E-state index in [0.717, 1.165) is 79.5 Å². The Morgan fingerprint density at radius 3 is 2.71 bits per heavy atom. The molecule has 0 radical (unpaired) electrons. The van der Waals surface area contributed by atoms with Gasteiger partial charge in [-0.1, -0.05) is 64.5 Å². The van der Waals surface area contributed by atoms with Gasteiger partial charge in [0.05, 0.1) is 6.61 Å². The minimum Gasteiger partial charge on any atom is -0.395 e. The van der Waals surface area contributed by atoms with Gasteiger partial charge in [0.1, 0.15) is 18.3 Å². The molecule has 8 heteroatoms. The minimum atomic E-state index is -0.560. The summed E-state index contributed by atoms with van der Waals surface area (Å²) in [4.78, 5) is 16.4. The number of aliphatic hydroxyl groups is 1. The van der Waals surface area contributed by atoms with E-state index in [1.165, 1.54) is 0 Å². The Morgan fingerprint density at radius 1 is 1.32 bits per heavy atom. The third-order valence-corrected chi connectivity index (χ3v) is 7.80. The van der Waals surface area contributed by atoms with E-state index in [-0.39, 0.29) is 12.6 Å². The van der Waals surface area contributed by atoms with Crippen LogP contribution in [0.2, 0.25) is 0 Å². The number of likely N-dealkylation sites (N-methyl/N-ethyl adjacent to an activating group) is 1. The number of nitrogens with zero attached hydrogens (tertiary/aromatic N) is 4. The first-order chi connectivity index (χ1) is 19.9. The molecule has 2 aliphatic rings. The van der Waals surface area contributed by atoms with Crippen molar-refractivity contribution in [1.29, 1.82) is 0 Å². The highest BCUT2D eigenvalue weighted by Gasteiger charge is 2.51. The van der Waals surface area contributed by atoms with Crippen LogP contribution >= 0.6 is 0 Å². The number of allylic oxidation sites excluding steroid dienone is 3. The Kier molecular flexibility index (Phi) is 14.7. The van der Waals surface area contributed by atoms with E-state index in [1.807, 2.05) is 46.0 Å². The van der Waals surface area contributed by atoms with E-state index in [4.69, 9.17) is 9.98 Å². The maximum atomic E-state index is 10.7. The largest absolute Gasteiger partial charge is 0.395 e. The summed E-state index contributed by atoms with van der Waals surface area (Å²) in [6.45, 7) is 21.5. The average Bonchev–Trinajstić information content (AvgIpc) is 3.62. The molecule has 1 aromatic heterocycles. The van der Waals surface area contributed by atoms with Gasteiger partial charge >= 0.3 is 0 Å². The van der Waals surface area contributed by atoms with Crippen molar-refractivity contribution >= 4 is 18.4 Å². The van der Waals surface area contributed by atoms with Gasteiger partial charge in [-0.25, -0.2) is 9.98 Å². The van der Waals surface area contributed by atoms with Crippen molar-refractivity contribution in [1.82, 2.24) is 20.9 Å². The molecule has 2 saturated heterocycles. The predicted octanol–water partition coefficient (Wildman–Crippen LogP) is 5.01. The monoisotopic (exact) mass is 563 g/mol. The van der Waals surface area contributed by atoms with Crippen LogP contribution in [0.5, 0.6) is 0 Å². The van der Waals surface area contributed by atoms with Gasteiger partial charge in [0.2, 0.25) is 0 Å². The van der Waals surface area contributed by atoms with E-state index in [1.54, 1.807) is 6.20 Å². The Morgan fingerprint density at radius 2 is 2.10 bits per heavy atom. The molecule has 3 heterocycles. The molecular weight excluding hydrogens is 510 g/mol. The van der Waals surface area contributed by atoms with Crippen molar-refractivity contribution in [2.45, 2.75) is 66.3 Å². The van der Waals surface area contributed by atoms with Crippen molar-refractivity contribution < 1.29 is 5.11 Å². The van der Waals surface area contributed by atoms with Crippen molar-refractivity contribution in [3.63, 3.8) is 0 Å². The Labute approximate surface area is 248 Å². The molecule has 0 spiro atoms. The van der Waals surface area contributed by atoms with E-state index in [9.17, 15) is 5.11 Å². The van der Waals surface area contributed by atoms with E-state index in [2.05, 4.69) is 71.2 Å². The highest BCUT2D eigenvalue weighted by molar-refractivity contribution is 6.13. The van der Waals surface area contributed by atoms with E-state index < -0.39 is 5.41 Å². The minimum absolute atomic E-state index is 0.0178. The molecule has 2 unspecified atom stereocenters. The van der Waals surface area contributed by atoms with Crippen molar-refractivity contribution in [2.75, 3.05) is 44.9 Å². The third kappa shape index (κ3) is 8.71. The summed E-state index contributed by atoms with van der Waals surface area (Å²) in [6, 6.07) is 6.11. The highest BCUT2D eigenvalue weighted by atomic mass is 16.3. The number of amidine groups is 1. The first-order valence-electron chi connectivity index (χ1n) is 15.1. The lowest BCUT2D eigenvalue weighted by molar-refractivity contribution is 0.158. The van der Waals surface area contributed by atoms with Gasteiger partial charge in [-0.15, -0.1) is 0 Å². The molecule has 0 amide bonds. The molecule has 226 valence electrons. The number of aliphatic hydroxyl groups excluding tert-OH is 1. The average molecular weight is 564 g/mol. The predicted molar refractivity (Wildman–Crippen MR) is 176 cm³/mol. The van der Waals surface area contributed by atoms with Crippen LogP contribution in [0.3, 0.4) is 0 Å². The SMILES string of the molecule is C=N/C=C1\C(=N/CNC(/C=C\C(=C)C2CCNC2)=C/C)N(c2cccc(CCNC)n2)[C@@H](CCC)C1(C)CO.CC. The number of nitrogens with one attached hydrogen (secondary N) is 3. The lowest BCUT2D eigenvalue weighted by Crippen LogP contribution is -2.42. The topological polar surface area (TPSA) is 97.2 Å². The normalized spacial score (nSPS) is 24.7. The van der Waals surface area contributed by atoms with Gasteiger partial charge in [-0.2, -0.15) is 0 Å². The molecule has 2 fully saturated rings. The summed E-state index contributed by atoms with van der Waals surface area (Å²) in [5.74, 6) is 2.10. The smallest absolute Gasteiger partial charge is 0.136 e. The second-order valence-corrected chi connectivity index (χ2v) is 10.5. The first-order valence-corrected chi connectivity index (χ1v) is 15.1. The van der Waals surface area contributed by atoms with Crippen LogP contribution in [-0.4, -0.2) is 68.6 Å². The van der Waals surface area contributed by atoms with Crippen LogP contribution in [-0.2, 0) is 6.42 Å². The molecule has 0 saturated carbocycles. The Bertz CT molecular complexity index is 1100. The van der Waals surface area contributed by atoms with Crippen LogP contribution in [0.15, 0.2) is 76.0 Å².